The van der Waals surface area contributed by atoms with E-state index in [4.69, 9.17) is 0 Å². The molecule has 30 heavy (non-hydrogen) atoms. The molecule has 0 radical (unpaired) electrons. The third kappa shape index (κ3) is 5.17. The van der Waals surface area contributed by atoms with Crippen molar-refractivity contribution in [1.29, 1.82) is 0 Å². The molecule has 2 heterocycles. The molecule has 2 amide bonds. The Balaban J connectivity index is 1.61. The van der Waals surface area contributed by atoms with Crippen LogP contribution in [-0.4, -0.2) is 38.2 Å². The summed E-state index contributed by atoms with van der Waals surface area (Å²) in [7, 11) is 1.90. The number of amides is 2. The predicted molar refractivity (Wildman–Crippen MR) is 114 cm³/mol. The highest BCUT2D eigenvalue weighted by Gasteiger charge is 2.19. The normalized spacial score (nSPS) is 15.2. The lowest BCUT2D eigenvalue weighted by Crippen LogP contribution is -2.39. The molecule has 0 aromatic carbocycles. The van der Waals surface area contributed by atoms with Gasteiger partial charge in [0.1, 0.15) is 6.54 Å². The number of rotatable bonds is 7. The zero-order valence-electron chi connectivity index (χ0n) is 18.2. The van der Waals surface area contributed by atoms with Crippen LogP contribution in [0.1, 0.15) is 59.9 Å². The number of aryl methyl sites for hydroxylation is 2. The second-order valence-electron chi connectivity index (χ2n) is 8.28. The lowest BCUT2D eigenvalue weighted by molar-refractivity contribution is -0.122. The van der Waals surface area contributed by atoms with Gasteiger partial charge in [-0.2, -0.15) is 5.10 Å². The van der Waals surface area contributed by atoms with Gasteiger partial charge in [-0.1, -0.05) is 12.8 Å². The van der Waals surface area contributed by atoms with Gasteiger partial charge in [0, 0.05) is 37.1 Å². The lowest BCUT2D eigenvalue weighted by atomic mass is 10.1. The minimum atomic E-state index is -0.311. The Morgan fingerprint density at radius 1 is 1.23 bits per heavy atom. The predicted octanol–water partition coefficient (Wildman–Crippen LogP) is 1.62. The van der Waals surface area contributed by atoms with Crippen molar-refractivity contribution < 1.29 is 9.59 Å². The summed E-state index contributed by atoms with van der Waals surface area (Å²) in [5.74, 6) is -0.468. The Hall–Kier alpha value is -2.90. The number of carbonyl (C=O) groups excluding carboxylic acids is 2. The number of carbonyl (C=O) groups is 2. The SMILES string of the molecule is Cc1nn(C)c(C)c1C[C@@H](C)NC(=O)Cn1cc(C(=O)NC2CCCC2)ccc1=O. The molecule has 2 aromatic rings. The maximum atomic E-state index is 12.5. The fraction of sp³-hybridized carbons (Fsp3) is 0.545. The lowest BCUT2D eigenvalue weighted by Gasteiger charge is -2.16. The van der Waals surface area contributed by atoms with E-state index in [0.29, 0.717) is 12.0 Å². The summed E-state index contributed by atoms with van der Waals surface area (Å²) >= 11 is 0. The van der Waals surface area contributed by atoms with Crippen LogP contribution in [0.3, 0.4) is 0 Å². The Morgan fingerprint density at radius 3 is 2.57 bits per heavy atom. The molecule has 1 fully saturated rings. The van der Waals surface area contributed by atoms with Gasteiger partial charge in [-0.15, -0.1) is 0 Å². The van der Waals surface area contributed by atoms with Crippen LogP contribution >= 0.6 is 0 Å². The molecule has 1 aliphatic rings. The molecule has 2 N–H and O–H groups in total. The maximum Gasteiger partial charge on any atom is 0.252 e. The number of hydrogen-bond donors (Lipinski definition) is 2. The Labute approximate surface area is 176 Å². The van der Waals surface area contributed by atoms with Crippen molar-refractivity contribution in [1.82, 2.24) is 25.0 Å². The molecular formula is C22H31N5O3. The largest absolute Gasteiger partial charge is 0.352 e. The number of aromatic nitrogens is 3. The molecule has 0 unspecified atom stereocenters. The van der Waals surface area contributed by atoms with Crippen LogP contribution in [0.2, 0.25) is 0 Å². The zero-order chi connectivity index (χ0) is 21.8. The molecule has 8 nitrogen and oxygen atoms in total. The van der Waals surface area contributed by atoms with E-state index >= 15 is 0 Å². The van der Waals surface area contributed by atoms with Crippen molar-refractivity contribution in [2.24, 2.45) is 7.05 Å². The minimum Gasteiger partial charge on any atom is -0.352 e. The molecule has 162 valence electrons. The summed E-state index contributed by atoms with van der Waals surface area (Å²) < 4.78 is 3.12. The first-order chi connectivity index (χ1) is 14.2. The molecule has 0 aliphatic heterocycles. The van der Waals surface area contributed by atoms with Crippen molar-refractivity contribution in [2.75, 3.05) is 0 Å². The first kappa shape index (κ1) is 21.8. The van der Waals surface area contributed by atoms with Crippen molar-refractivity contribution in [3.05, 3.63) is 51.2 Å². The van der Waals surface area contributed by atoms with Gasteiger partial charge in [-0.3, -0.25) is 19.1 Å². The number of hydrogen-bond acceptors (Lipinski definition) is 4. The minimum absolute atomic E-state index is 0.108. The molecule has 0 bridgehead atoms. The summed E-state index contributed by atoms with van der Waals surface area (Å²) in [6.45, 7) is 5.76. The third-order valence-corrected chi connectivity index (χ3v) is 5.83. The van der Waals surface area contributed by atoms with Crippen molar-refractivity contribution in [2.45, 2.75) is 71.5 Å². The van der Waals surface area contributed by atoms with Crippen LogP contribution in [0.4, 0.5) is 0 Å². The van der Waals surface area contributed by atoms with E-state index in [0.717, 1.165) is 42.6 Å². The summed E-state index contributed by atoms with van der Waals surface area (Å²) in [6, 6.07) is 2.94. The van der Waals surface area contributed by atoms with Gasteiger partial charge in [0.15, 0.2) is 0 Å². The monoisotopic (exact) mass is 413 g/mol. The summed E-state index contributed by atoms with van der Waals surface area (Å²) in [5.41, 5.74) is 3.23. The average molecular weight is 414 g/mol. The molecule has 1 aliphatic carbocycles. The molecular weight excluding hydrogens is 382 g/mol. The average Bonchev–Trinajstić information content (AvgIpc) is 3.27. The van der Waals surface area contributed by atoms with E-state index in [1.807, 2.05) is 32.5 Å². The highest BCUT2D eigenvalue weighted by atomic mass is 16.2. The van der Waals surface area contributed by atoms with Gasteiger partial charge in [-0.25, -0.2) is 0 Å². The molecule has 0 spiro atoms. The topological polar surface area (TPSA) is 98.0 Å². The Morgan fingerprint density at radius 2 is 1.93 bits per heavy atom. The van der Waals surface area contributed by atoms with Gasteiger partial charge in [0.2, 0.25) is 5.91 Å². The van der Waals surface area contributed by atoms with Crippen LogP contribution in [0, 0.1) is 13.8 Å². The second-order valence-corrected chi connectivity index (χ2v) is 8.28. The van der Waals surface area contributed by atoms with Crippen molar-refractivity contribution in [3.63, 3.8) is 0 Å². The van der Waals surface area contributed by atoms with Gasteiger partial charge < -0.3 is 15.2 Å². The van der Waals surface area contributed by atoms with Crippen molar-refractivity contribution >= 4 is 11.8 Å². The summed E-state index contributed by atoms with van der Waals surface area (Å²) in [6.07, 6.45) is 6.35. The molecule has 2 aromatic heterocycles. The molecule has 3 rings (SSSR count). The zero-order valence-corrected chi connectivity index (χ0v) is 18.2. The van der Waals surface area contributed by atoms with Crippen LogP contribution in [0.15, 0.2) is 23.1 Å². The Bertz CT molecular complexity index is 985. The highest BCUT2D eigenvalue weighted by Crippen LogP contribution is 2.18. The third-order valence-electron chi connectivity index (χ3n) is 5.83. The van der Waals surface area contributed by atoms with E-state index in [1.54, 1.807) is 0 Å². The fourth-order valence-corrected chi connectivity index (χ4v) is 4.07. The highest BCUT2D eigenvalue weighted by molar-refractivity contribution is 5.94. The molecule has 0 saturated heterocycles. The summed E-state index contributed by atoms with van der Waals surface area (Å²) in [5, 5.41) is 10.3. The Kier molecular flexibility index (Phi) is 6.74. The molecule has 1 saturated carbocycles. The molecule has 8 heteroatoms. The van der Waals surface area contributed by atoms with Crippen LogP contribution in [0.5, 0.6) is 0 Å². The first-order valence-corrected chi connectivity index (χ1v) is 10.5. The van der Waals surface area contributed by atoms with E-state index in [2.05, 4.69) is 15.7 Å². The van der Waals surface area contributed by atoms with Gasteiger partial charge in [0.25, 0.3) is 11.5 Å². The fourth-order valence-electron chi connectivity index (χ4n) is 4.07. The van der Waals surface area contributed by atoms with Crippen molar-refractivity contribution in [3.8, 4) is 0 Å². The number of nitrogens with zero attached hydrogens (tertiary/aromatic N) is 3. The van der Waals surface area contributed by atoms with E-state index in [-0.39, 0.29) is 36.0 Å². The quantitative estimate of drug-likeness (QED) is 0.721. The number of pyridine rings is 1. The maximum absolute atomic E-state index is 12.5. The molecule has 1 atom stereocenters. The van der Waals surface area contributed by atoms with E-state index < -0.39 is 0 Å². The van der Waals surface area contributed by atoms with Gasteiger partial charge >= 0.3 is 0 Å². The van der Waals surface area contributed by atoms with E-state index in [1.165, 1.54) is 22.9 Å². The van der Waals surface area contributed by atoms with Crippen LogP contribution < -0.4 is 16.2 Å². The van der Waals surface area contributed by atoms with Crippen LogP contribution in [0.25, 0.3) is 0 Å². The second kappa shape index (κ2) is 9.28. The first-order valence-electron chi connectivity index (χ1n) is 10.5. The smallest absolute Gasteiger partial charge is 0.252 e. The number of nitrogens with one attached hydrogen (secondary N) is 2. The summed E-state index contributed by atoms with van der Waals surface area (Å²) in [4.78, 5) is 37.2. The van der Waals surface area contributed by atoms with Crippen LogP contribution in [-0.2, 0) is 24.8 Å². The van der Waals surface area contributed by atoms with Gasteiger partial charge in [0.05, 0.1) is 11.3 Å². The van der Waals surface area contributed by atoms with E-state index in [9.17, 15) is 14.4 Å². The van der Waals surface area contributed by atoms with Gasteiger partial charge in [-0.05, 0) is 51.7 Å². The standard InChI is InChI=1S/C22H31N5O3/c1-14(11-19-15(2)25-26(4)16(19)3)23-20(28)13-27-12-17(9-10-21(27)29)22(30)24-18-7-5-6-8-18/h9-10,12,14,18H,5-8,11,13H2,1-4H3,(H,23,28)(H,24,30)/t14-/m1/s1.